The van der Waals surface area contributed by atoms with Gasteiger partial charge >= 0.3 is 0 Å². The van der Waals surface area contributed by atoms with Crippen LogP contribution >= 0.6 is 11.3 Å². The topological polar surface area (TPSA) is 51.8 Å². The number of nitrogens with zero attached hydrogens (tertiary/aromatic N) is 3. The van der Waals surface area contributed by atoms with Gasteiger partial charge in [-0.15, -0.1) is 21.5 Å². The quantitative estimate of drug-likeness (QED) is 0.724. The zero-order valence-electron chi connectivity index (χ0n) is 8.31. The van der Waals surface area contributed by atoms with Crippen molar-refractivity contribution in [3.05, 3.63) is 16.8 Å². The Labute approximate surface area is 86.0 Å². The molecule has 0 spiro atoms. The van der Waals surface area contributed by atoms with Crippen molar-refractivity contribution in [2.24, 2.45) is 0 Å². The third-order valence-electron chi connectivity index (χ3n) is 1.72. The summed E-state index contributed by atoms with van der Waals surface area (Å²) < 4.78 is 5.07. The van der Waals surface area contributed by atoms with Crippen molar-refractivity contribution in [1.82, 2.24) is 15.2 Å². The van der Waals surface area contributed by atoms with E-state index in [9.17, 15) is 0 Å². The van der Waals surface area contributed by atoms with E-state index in [2.05, 4.69) is 36.0 Å². The second-order valence-corrected chi connectivity index (χ2v) is 4.89. The molecule has 0 N–H and O–H groups in total. The molecule has 5 heteroatoms. The monoisotopic (exact) mass is 209 g/mol. The molecule has 4 nitrogen and oxygen atoms in total. The highest BCUT2D eigenvalue weighted by atomic mass is 32.1. The highest BCUT2D eigenvalue weighted by Gasteiger charge is 2.19. The van der Waals surface area contributed by atoms with Crippen molar-refractivity contribution in [3.63, 3.8) is 0 Å². The van der Waals surface area contributed by atoms with Crippen LogP contribution in [0.5, 0.6) is 0 Å². The summed E-state index contributed by atoms with van der Waals surface area (Å²) in [4.78, 5) is 4.45. The molecular formula is C9H11N3OS. The van der Waals surface area contributed by atoms with Crippen molar-refractivity contribution >= 4 is 11.3 Å². The van der Waals surface area contributed by atoms with Gasteiger partial charge in [-0.2, -0.15) is 0 Å². The zero-order valence-corrected chi connectivity index (χ0v) is 9.13. The van der Waals surface area contributed by atoms with Crippen LogP contribution < -0.4 is 0 Å². The highest BCUT2D eigenvalue weighted by molar-refractivity contribution is 7.10. The van der Waals surface area contributed by atoms with Crippen LogP contribution in [0.1, 0.15) is 25.8 Å². The van der Waals surface area contributed by atoms with Crippen LogP contribution in [0.2, 0.25) is 0 Å². The van der Waals surface area contributed by atoms with Gasteiger partial charge in [-0.25, -0.2) is 4.98 Å². The number of hydrogen-bond donors (Lipinski definition) is 0. The first-order chi connectivity index (χ1) is 6.57. The average Bonchev–Trinajstić information content (AvgIpc) is 2.73. The Bertz CT molecular complexity index is 413. The molecule has 0 aromatic carbocycles. The van der Waals surface area contributed by atoms with Crippen molar-refractivity contribution in [3.8, 4) is 11.6 Å². The molecular weight excluding hydrogens is 198 g/mol. The SMILES string of the molecule is CC(C)(C)c1nc(-c2nnco2)cs1. The Balaban J connectivity index is 2.36. The van der Waals surface area contributed by atoms with Gasteiger partial charge in [0.1, 0.15) is 5.69 Å². The molecule has 0 aliphatic heterocycles. The Morgan fingerprint density at radius 1 is 1.36 bits per heavy atom. The molecule has 0 saturated carbocycles. The molecule has 0 bridgehead atoms. The first kappa shape index (κ1) is 9.33. The molecule has 2 rings (SSSR count). The van der Waals surface area contributed by atoms with Crippen LogP contribution in [-0.4, -0.2) is 15.2 Å². The molecule has 74 valence electrons. The van der Waals surface area contributed by atoms with Gasteiger partial charge in [0.15, 0.2) is 0 Å². The van der Waals surface area contributed by atoms with Gasteiger partial charge in [-0.05, 0) is 0 Å². The number of aromatic nitrogens is 3. The lowest BCUT2D eigenvalue weighted by Crippen LogP contribution is -2.10. The van der Waals surface area contributed by atoms with E-state index >= 15 is 0 Å². The molecule has 0 amide bonds. The zero-order chi connectivity index (χ0) is 10.2. The number of hydrogen-bond acceptors (Lipinski definition) is 5. The van der Waals surface area contributed by atoms with Crippen molar-refractivity contribution in [1.29, 1.82) is 0 Å². The normalized spacial score (nSPS) is 11.9. The molecule has 0 aliphatic carbocycles. The Morgan fingerprint density at radius 2 is 2.14 bits per heavy atom. The lowest BCUT2D eigenvalue weighted by atomic mass is 9.98. The van der Waals surface area contributed by atoms with Crippen LogP contribution in [0.3, 0.4) is 0 Å². The third kappa shape index (κ3) is 1.68. The summed E-state index contributed by atoms with van der Waals surface area (Å²) in [6, 6.07) is 0. The fraction of sp³-hybridized carbons (Fsp3) is 0.444. The van der Waals surface area contributed by atoms with E-state index in [-0.39, 0.29) is 5.41 Å². The fourth-order valence-electron chi connectivity index (χ4n) is 1.00. The largest absolute Gasteiger partial charge is 0.422 e. The molecule has 2 aromatic rings. The van der Waals surface area contributed by atoms with Crippen molar-refractivity contribution in [2.45, 2.75) is 26.2 Å². The van der Waals surface area contributed by atoms with E-state index in [1.165, 1.54) is 6.39 Å². The first-order valence-electron chi connectivity index (χ1n) is 4.30. The second-order valence-electron chi connectivity index (χ2n) is 4.03. The second kappa shape index (κ2) is 3.16. The molecule has 0 aliphatic rings. The Kier molecular flexibility index (Phi) is 2.11. The summed E-state index contributed by atoms with van der Waals surface area (Å²) in [7, 11) is 0. The van der Waals surface area contributed by atoms with Crippen LogP contribution in [0.15, 0.2) is 16.2 Å². The molecule has 0 unspecified atom stereocenters. The summed E-state index contributed by atoms with van der Waals surface area (Å²) in [6.45, 7) is 6.39. The van der Waals surface area contributed by atoms with Crippen molar-refractivity contribution in [2.75, 3.05) is 0 Å². The van der Waals surface area contributed by atoms with Gasteiger partial charge in [0, 0.05) is 10.8 Å². The summed E-state index contributed by atoms with van der Waals surface area (Å²) in [5.41, 5.74) is 0.834. The van der Waals surface area contributed by atoms with Gasteiger partial charge in [0.2, 0.25) is 6.39 Å². The van der Waals surface area contributed by atoms with E-state index in [1.54, 1.807) is 11.3 Å². The maximum Gasteiger partial charge on any atom is 0.266 e. The summed E-state index contributed by atoms with van der Waals surface area (Å²) >= 11 is 1.62. The smallest absolute Gasteiger partial charge is 0.266 e. The summed E-state index contributed by atoms with van der Waals surface area (Å²) in [5.74, 6) is 0.483. The average molecular weight is 209 g/mol. The van der Waals surface area contributed by atoms with E-state index in [0.717, 1.165) is 10.7 Å². The molecule has 0 fully saturated rings. The standard InChI is InChI=1S/C9H11N3OS/c1-9(2,3)8-11-6(4-14-8)7-12-10-5-13-7/h4-5H,1-3H3. The molecule has 0 saturated heterocycles. The molecule has 0 radical (unpaired) electrons. The van der Waals surface area contributed by atoms with Crippen LogP contribution in [0.25, 0.3) is 11.6 Å². The van der Waals surface area contributed by atoms with E-state index in [4.69, 9.17) is 4.42 Å². The van der Waals surface area contributed by atoms with Gasteiger partial charge in [0.05, 0.1) is 5.01 Å². The summed E-state index contributed by atoms with van der Waals surface area (Å²) in [6.07, 6.45) is 1.31. The van der Waals surface area contributed by atoms with Crippen molar-refractivity contribution < 1.29 is 4.42 Å². The van der Waals surface area contributed by atoms with Gasteiger partial charge in [0.25, 0.3) is 5.89 Å². The lowest BCUT2D eigenvalue weighted by Gasteiger charge is -2.13. The van der Waals surface area contributed by atoms with Gasteiger partial charge < -0.3 is 4.42 Å². The number of rotatable bonds is 1. The number of thiazole rings is 1. The Morgan fingerprint density at radius 3 is 2.64 bits per heavy atom. The first-order valence-corrected chi connectivity index (χ1v) is 5.18. The minimum atomic E-state index is 0.0724. The minimum Gasteiger partial charge on any atom is -0.422 e. The predicted octanol–water partition coefficient (Wildman–Crippen LogP) is 2.49. The van der Waals surface area contributed by atoms with Crippen LogP contribution in [0.4, 0.5) is 0 Å². The van der Waals surface area contributed by atoms with E-state index in [0.29, 0.717) is 5.89 Å². The fourth-order valence-corrected chi connectivity index (χ4v) is 1.88. The molecule has 14 heavy (non-hydrogen) atoms. The van der Waals surface area contributed by atoms with Gasteiger partial charge in [-0.3, -0.25) is 0 Å². The third-order valence-corrected chi connectivity index (χ3v) is 2.99. The molecule has 2 aromatic heterocycles. The van der Waals surface area contributed by atoms with Crippen LogP contribution in [-0.2, 0) is 5.41 Å². The summed E-state index contributed by atoms with van der Waals surface area (Å²) in [5, 5.41) is 10.4. The maximum atomic E-state index is 5.07. The highest BCUT2D eigenvalue weighted by Crippen LogP contribution is 2.28. The maximum absolute atomic E-state index is 5.07. The van der Waals surface area contributed by atoms with E-state index in [1.807, 2.05) is 5.38 Å². The van der Waals surface area contributed by atoms with E-state index < -0.39 is 0 Å². The molecule has 2 heterocycles. The molecule has 0 atom stereocenters. The predicted molar refractivity (Wildman–Crippen MR) is 54.1 cm³/mol. The lowest BCUT2D eigenvalue weighted by molar-refractivity contribution is 0.562. The minimum absolute atomic E-state index is 0.0724. The van der Waals surface area contributed by atoms with Gasteiger partial charge in [-0.1, -0.05) is 20.8 Å². The Hall–Kier alpha value is -1.23. The van der Waals surface area contributed by atoms with Crippen LogP contribution in [0, 0.1) is 0 Å².